The third-order valence-electron chi connectivity index (χ3n) is 2.79. The lowest BCUT2D eigenvalue weighted by molar-refractivity contribution is -0.137. The standard InChI is InChI=1S/C12H17NO5S/c1-8-9(2)11(19(13,16)17)6-5-10(8)18-7-3-4-12(14)15/h5-6H,3-4,7H2,1-2H3,(H,14,15)(H2,13,16,17). The highest BCUT2D eigenvalue weighted by atomic mass is 32.2. The van der Waals surface area contributed by atoms with Crippen molar-refractivity contribution in [2.75, 3.05) is 6.61 Å². The molecule has 1 aromatic rings. The lowest BCUT2D eigenvalue weighted by Crippen LogP contribution is -2.14. The summed E-state index contributed by atoms with van der Waals surface area (Å²) in [5, 5.41) is 13.6. The Bertz CT molecular complexity index is 580. The average Bonchev–Trinajstić information content (AvgIpc) is 2.27. The van der Waals surface area contributed by atoms with Crippen LogP contribution in [0.15, 0.2) is 17.0 Å². The van der Waals surface area contributed by atoms with Crippen molar-refractivity contribution < 1.29 is 23.1 Å². The van der Waals surface area contributed by atoms with Crippen LogP contribution < -0.4 is 9.88 Å². The molecule has 0 atom stereocenters. The largest absolute Gasteiger partial charge is 0.493 e. The van der Waals surface area contributed by atoms with Crippen LogP contribution in [0.25, 0.3) is 0 Å². The van der Waals surface area contributed by atoms with Crippen molar-refractivity contribution in [2.45, 2.75) is 31.6 Å². The summed E-state index contributed by atoms with van der Waals surface area (Å²) in [6.07, 6.45) is 0.429. The Morgan fingerprint density at radius 2 is 1.95 bits per heavy atom. The predicted molar refractivity (Wildman–Crippen MR) is 69.7 cm³/mol. The van der Waals surface area contributed by atoms with Crippen LogP contribution in [-0.2, 0) is 14.8 Å². The molecule has 1 rings (SSSR count). The summed E-state index contributed by atoms with van der Waals surface area (Å²) in [6.45, 7) is 3.65. The van der Waals surface area contributed by atoms with E-state index in [1.807, 2.05) is 0 Å². The molecular weight excluding hydrogens is 270 g/mol. The zero-order valence-electron chi connectivity index (χ0n) is 10.8. The van der Waals surface area contributed by atoms with Gasteiger partial charge in [0.15, 0.2) is 0 Å². The number of nitrogens with two attached hydrogens (primary N) is 1. The predicted octanol–water partition coefficient (Wildman–Crippen LogP) is 1.19. The summed E-state index contributed by atoms with van der Waals surface area (Å²) in [6, 6.07) is 2.92. The maximum Gasteiger partial charge on any atom is 0.303 e. The van der Waals surface area contributed by atoms with E-state index in [-0.39, 0.29) is 17.9 Å². The van der Waals surface area contributed by atoms with Gasteiger partial charge in [0.1, 0.15) is 5.75 Å². The molecule has 0 radical (unpaired) electrons. The van der Waals surface area contributed by atoms with Gasteiger partial charge in [0.05, 0.1) is 11.5 Å². The molecule has 3 N–H and O–H groups in total. The molecule has 0 aliphatic heterocycles. The molecule has 0 aliphatic carbocycles. The van der Waals surface area contributed by atoms with E-state index in [9.17, 15) is 13.2 Å². The Morgan fingerprint density at radius 3 is 2.47 bits per heavy atom. The fourth-order valence-corrected chi connectivity index (χ4v) is 2.48. The van der Waals surface area contributed by atoms with Crippen LogP contribution in [0.3, 0.4) is 0 Å². The minimum atomic E-state index is -3.74. The number of carboxylic acid groups (broad SMARTS) is 1. The van der Waals surface area contributed by atoms with E-state index in [0.717, 1.165) is 0 Å². The van der Waals surface area contributed by atoms with E-state index in [2.05, 4.69) is 0 Å². The molecule has 7 heteroatoms. The second-order valence-corrected chi connectivity index (χ2v) is 5.73. The van der Waals surface area contributed by atoms with Crippen LogP contribution in [0.2, 0.25) is 0 Å². The first kappa shape index (κ1) is 15.5. The molecule has 0 fully saturated rings. The highest BCUT2D eigenvalue weighted by Crippen LogP contribution is 2.26. The van der Waals surface area contributed by atoms with Crippen molar-refractivity contribution in [2.24, 2.45) is 5.14 Å². The van der Waals surface area contributed by atoms with E-state index in [0.29, 0.717) is 23.3 Å². The number of rotatable bonds is 6. The Hall–Kier alpha value is -1.60. The molecule has 0 unspecified atom stereocenters. The first-order valence-corrected chi connectivity index (χ1v) is 7.25. The molecule has 0 spiro atoms. The van der Waals surface area contributed by atoms with Gasteiger partial charge in [0.25, 0.3) is 0 Å². The average molecular weight is 287 g/mol. The molecular formula is C12H17NO5S. The van der Waals surface area contributed by atoms with E-state index in [1.165, 1.54) is 12.1 Å². The van der Waals surface area contributed by atoms with Crippen molar-refractivity contribution in [3.8, 4) is 5.75 Å². The highest BCUT2D eigenvalue weighted by molar-refractivity contribution is 7.89. The minimum absolute atomic E-state index is 0.0350. The van der Waals surface area contributed by atoms with E-state index in [4.69, 9.17) is 15.0 Å². The molecule has 0 amide bonds. The van der Waals surface area contributed by atoms with Crippen LogP contribution in [0.4, 0.5) is 0 Å². The number of hydrogen-bond acceptors (Lipinski definition) is 4. The van der Waals surface area contributed by atoms with Crippen molar-refractivity contribution in [1.82, 2.24) is 0 Å². The second-order valence-electron chi connectivity index (χ2n) is 4.20. The molecule has 6 nitrogen and oxygen atoms in total. The van der Waals surface area contributed by atoms with Gasteiger partial charge in [-0.05, 0) is 43.5 Å². The summed E-state index contributed by atoms with van der Waals surface area (Å²) in [5.41, 5.74) is 1.22. The number of sulfonamides is 1. The maximum absolute atomic E-state index is 11.3. The van der Waals surface area contributed by atoms with Crippen molar-refractivity contribution in [3.63, 3.8) is 0 Å². The summed E-state index contributed by atoms with van der Waals surface area (Å²) in [5.74, 6) is -0.337. The summed E-state index contributed by atoms with van der Waals surface area (Å²) in [7, 11) is -3.74. The minimum Gasteiger partial charge on any atom is -0.493 e. The molecule has 1 aromatic carbocycles. The first-order valence-electron chi connectivity index (χ1n) is 5.71. The SMILES string of the molecule is Cc1c(OCCCC(=O)O)ccc(S(N)(=O)=O)c1C. The molecule has 0 saturated carbocycles. The molecule has 0 saturated heterocycles. The van der Waals surface area contributed by atoms with Gasteiger partial charge >= 0.3 is 5.97 Å². The van der Waals surface area contributed by atoms with E-state index in [1.54, 1.807) is 13.8 Å². The first-order chi connectivity index (χ1) is 8.73. The number of benzene rings is 1. The number of ether oxygens (including phenoxy) is 1. The Morgan fingerprint density at radius 1 is 1.32 bits per heavy atom. The summed E-state index contributed by atoms with van der Waals surface area (Å²) < 4.78 is 28.1. The van der Waals surface area contributed by atoms with Gasteiger partial charge in [0.2, 0.25) is 10.0 Å². The van der Waals surface area contributed by atoms with Crippen molar-refractivity contribution in [1.29, 1.82) is 0 Å². The number of hydrogen-bond donors (Lipinski definition) is 2. The van der Waals surface area contributed by atoms with Gasteiger partial charge in [-0.2, -0.15) is 0 Å². The summed E-state index contributed by atoms with van der Waals surface area (Å²) >= 11 is 0. The molecule has 0 heterocycles. The lowest BCUT2D eigenvalue weighted by atomic mass is 10.1. The van der Waals surface area contributed by atoms with Gasteiger partial charge in [0, 0.05) is 6.42 Å². The molecule has 0 aliphatic rings. The summed E-state index contributed by atoms with van der Waals surface area (Å²) in [4.78, 5) is 10.4. The number of aliphatic carboxylic acids is 1. The van der Waals surface area contributed by atoms with Gasteiger partial charge in [-0.1, -0.05) is 0 Å². The molecule has 0 bridgehead atoms. The van der Waals surface area contributed by atoms with Crippen LogP contribution >= 0.6 is 0 Å². The number of carbonyl (C=O) groups is 1. The van der Waals surface area contributed by atoms with Crippen LogP contribution in [0.5, 0.6) is 5.75 Å². The second kappa shape index (κ2) is 6.03. The van der Waals surface area contributed by atoms with Gasteiger partial charge in [-0.15, -0.1) is 0 Å². The van der Waals surface area contributed by atoms with Crippen LogP contribution in [0, 0.1) is 13.8 Å². The molecule has 0 aromatic heterocycles. The van der Waals surface area contributed by atoms with E-state index >= 15 is 0 Å². The normalized spacial score (nSPS) is 11.3. The van der Waals surface area contributed by atoms with Crippen LogP contribution in [0.1, 0.15) is 24.0 Å². The fraction of sp³-hybridized carbons (Fsp3) is 0.417. The van der Waals surface area contributed by atoms with Gasteiger partial charge < -0.3 is 9.84 Å². The Kier molecular flexibility index (Phi) is 4.90. The monoisotopic (exact) mass is 287 g/mol. The Labute approximate surface area is 112 Å². The molecule has 19 heavy (non-hydrogen) atoms. The zero-order valence-corrected chi connectivity index (χ0v) is 11.7. The third-order valence-corrected chi connectivity index (χ3v) is 3.84. The number of carboxylic acids is 1. The quantitative estimate of drug-likeness (QED) is 0.764. The van der Waals surface area contributed by atoms with Crippen molar-refractivity contribution in [3.05, 3.63) is 23.3 Å². The Balaban J connectivity index is 2.83. The lowest BCUT2D eigenvalue weighted by Gasteiger charge is -2.13. The third kappa shape index (κ3) is 4.22. The maximum atomic E-state index is 11.3. The van der Waals surface area contributed by atoms with Gasteiger partial charge in [-0.25, -0.2) is 13.6 Å². The van der Waals surface area contributed by atoms with Gasteiger partial charge in [-0.3, -0.25) is 4.79 Å². The smallest absolute Gasteiger partial charge is 0.303 e. The zero-order chi connectivity index (χ0) is 14.6. The molecule has 106 valence electrons. The van der Waals surface area contributed by atoms with Crippen LogP contribution in [-0.4, -0.2) is 26.1 Å². The topological polar surface area (TPSA) is 107 Å². The number of primary sulfonamides is 1. The van der Waals surface area contributed by atoms with Crippen molar-refractivity contribution >= 4 is 16.0 Å². The van der Waals surface area contributed by atoms with E-state index < -0.39 is 16.0 Å². The fourth-order valence-electron chi connectivity index (χ4n) is 1.64. The highest BCUT2D eigenvalue weighted by Gasteiger charge is 2.15.